The van der Waals surface area contributed by atoms with Crippen molar-refractivity contribution in [1.29, 1.82) is 0 Å². The quantitative estimate of drug-likeness (QED) is 0.611. The zero-order chi connectivity index (χ0) is 19.7. The Balaban J connectivity index is 2.13. The molecule has 1 saturated heterocycles. The second-order valence-corrected chi connectivity index (χ2v) is 8.51. The molecule has 0 bridgehead atoms. The predicted molar refractivity (Wildman–Crippen MR) is 115 cm³/mol. The van der Waals surface area contributed by atoms with E-state index in [0.29, 0.717) is 45.3 Å². The maximum absolute atomic E-state index is 13.1. The molecule has 2 aromatic rings. The molecule has 0 atom stereocenters. The van der Waals surface area contributed by atoms with Gasteiger partial charge in [0, 0.05) is 19.3 Å². The van der Waals surface area contributed by atoms with Gasteiger partial charge in [0.05, 0.1) is 10.5 Å². The van der Waals surface area contributed by atoms with Crippen LogP contribution in [0.5, 0.6) is 0 Å². The third-order valence-electron chi connectivity index (χ3n) is 4.05. The molecule has 1 fully saturated rings. The van der Waals surface area contributed by atoms with Gasteiger partial charge in [0.25, 0.3) is 11.5 Å². The van der Waals surface area contributed by atoms with Gasteiger partial charge in [0.15, 0.2) is 0 Å². The van der Waals surface area contributed by atoms with Crippen molar-refractivity contribution in [3.63, 3.8) is 0 Å². The van der Waals surface area contributed by atoms with E-state index in [1.54, 1.807) is 17.2 Å². The maximum atomic E-state index is 13.1. The topological polar surface area (TPSA) is 66.7 Å². The highest BCUT2D eigenvalue weighted by Crippen LogP contribution is 2.33. The lowest BCUT2D eigenvalue weighted by atomic mass is 10.2. The van der Waals surface area contributed by atoms with Crippen molar-refractivity contribution in [2.45, 2.75) is 27.7 Å². The van der Waals surface area contributed by atoms with Gasteiger partial charge in [-0.2, -0.15) is 0 Å². The Bertz CT molecular complexity index is 1010. The van der Waals surface area contributed by atoms with Crippen molar-refractivity contribution < 1.29 is 4.79 Å². The van der Waals surface area contributed by atoms with Crippen LogP contribution in [0.3, 0.4) is 0 Å². The molecule has 1 amide bonds. The largest absolute Gasteiger partial charge is 0.370 e. The van der Waals surface area contributed by atoms with Gasteiger partial charge in [-0.15, -0.1) is 0 Å². The molecule has 27 heavy (non-hydrogen) atoms. The van der Waals surface area contributed by atoms with Crippen molar-refractivity contribution in [1.82, 2.24) is 14.3 Å². The average molecular weight is 403 g/mol. The standard InChI is InChI=1S/C19H22N4O2S2/c1-5-20-16-13(17(24)22-10-12(4)6-7-15(22)21-16)8-14-18(25)23(9-11(2)3)19(26)27-14/h6-8,10-11,20H,5,9H2,1-4H3. The third-order valence-corrected chi connectivity index (χ3v) is 5.42. The molecule has 6 nitrogen and oxygen atoms in total. The van der Waals surface area contributed by atoms with Crippen molar-refractivity contribution in [3.05, 3.63) is 44.7 Å². The lowest BCUT2D eigenvalue weighted by Gasteiger charge is -2.16. The first-order valence-electron chi connectivity index (χ1n) is 8.84. The van der Waals surface area contributed by atoms with E-state index in [2.05, 4.69) is 10.3 Å². The highest BCUT2D eigenvalue weighted by atomic mass is 32.2. The van der Waals surface area contributed by atoms with Gasteiger partial charge in [0.1, 0.15) is 15.8 Å². The highest BCUT2D eigenvalue weighted by Gasteiger charge is 2.32. The number of anilines is 1. The summed E-state index contributed by atoms with van der Waals surface area (Å²) in [6.45, 7) is 9.10. The van der Waals surface area contributed by atoms with Gasteiger partial charge >= 0.3 is 0 Å². The summed E-state index contributed by atoms with van der Waals surface area (Å²) in [5.41, 5.74) is 1.67. The monoisotopic (exact) mass is 402 g/mol. The number of hydrogen-bond donors (Lipinski definition) is 1. The van der Waals surface area contributed by atoms with E-state index in [9.17, 15) is 9.59 Å². The van der Waals surface area contributed by atoms with Crippen LogP contribution in [0.1, 0.15) is 31.9 Å². The number of nitrogens with one attached hydrogen (secondary N) is 1. The van der Waals surface area contributed by atoms with E-state index >= 15 is 0 Å². The molecule has 3 heterocycles. The Morgan fingerprint density at radius 3 is 2.74 bits per heavy atom. The Morgan fingerprint density at radius 2 is 2.07 bits per heavy atom. The maximum Gasteiger partial charge on any atom is 0.267 e. The lowest BCUT2D eigenvalue weighted by molar-refractivity contribution is -0.122. The zero-order valence-electron chi connectivity index (χ0n) is 15.8. The van der Waals surface area contributed by atoms with Crippen LogP contribution in [0.2, 0.25) is 0 Å². The molecule has 0 radical (unpaired) electrons. The van der Waals surface area contributed by atoms with Gasteiger partial charge in [-0.3, -0.25) is 18.9 Å². The summed E-state index contributed by atoms with van der Waals surface area (Å²) in [5.74, 6) is 0.621. The van der Waals surface area contributed by atoms with Crippen molar-refractivity contribution >= 4 is 51.7 Å². The fourth-order valence-corrected chi connectivity index (χ4v) is 4.10. The summed E-state index contributed by atoms with van der Waals surface area (Å²) in [6.07, 6.45) is 3.36. The van der Waals surface area contributed by atoms with Gasteiger partial charge in [-0.1, -0.05) is 43.9 Å². The van der Waals surface area contributed by atoms with Crippen molar-refractivity contribution in [2.24, 2.45) is 5.92 Å². The Kier molecular flexibility index (Phi) is 5.67. The summed E-state index contributed by atoms with van der Waals surface area (Å²) in [5, 5.41) is 3.13. The molecule has 0 saturated carbocycles. The van der Waals surface area contributed by atoms with Gasteiger partial charge < -0.3 is 5.32 Å². The molecule has 8 heteroatoms. The first kappa shape index (κ1) is 19.6. The van der Waals surface area contributed by atoms with Crippen LogP contribution < -0.4 is 10.9 Å². The normalized spacial score (nSPS) is 16.2. The first-order valence-corrected chi connectivity index (χ1v) is 10.1. The molecule has 0 spiro atoms. The molecular weight excluding hydrogens is 380 g/mol. The molecule has 0 aliphatic carbocycles. The molecular formula is C19H22N4O2S2. The number of carbonyl (C=O) groups excluding carboxylic acids is 1. The third kappa shape index (κ3) is 3.91. The number of fused-ring (bicyclic) bond motifs is 1. The number of thioether (sulfide) groups is 1. The number of carbonyl (C=O) groups is 1. The van der Waals surface area contributed by atoms with E-state index in [0.717, 1.165) is 5.56 Å². The van der Waals surface area contributed by atoms with Crippen LogP contribution in [0, 0.1) is 12.8 Å². The molecule has 1 aliphatic rings. The fourth-order valence-electron chi connectivity index (χ4n) is 2.84. The number of aromatic nitrogens is 2. The number of hydrogen-bond acceptors (Lipinski definition) is 6. The van der Waals surface area contributed by atoms with E-state index < -0.39 is 0 Å². The molecule has 1 N–H and O–H groups in total. The van der Waals surface area contributed by atoms with Crippen molar-refractivity contribution in [3.8, 4) is 0 Å². The minimum Gasteiger partial charge on any atom is -0.370 e. The first-order chi connectivity index (χ1) is 12.8. The second kappa shape index (κ2) is 7.82. The predicted octanol–water partition coefficient (Wildman–Crippen LogP) is 3.29. The van der Waals surface area contributed by atoms with E-state index in [4.69, 9.17) is 12.2 Å². The van der Waals surface area contributed by atoms with Crippen molar-refractivity contribution in [2.75, 3.05) is 18.4 Å². The molecule has 0 unspecified atom stereocenters. The smallest absolute Gasteiger partial charge is 0.267 e. The Hall–Kier alpha value is -2.19. The fraction of sp³-hybridized carbons (Fsp3) is 0.368. The van der Waals surface area contributed by atoms with Crippen LogP contribution in [0.4, 0.5) is 5.82 Å². The van der Waals surface area contributed by atoms with E-state index in [1.165, 1.54) is 16.2 Å². The number of amides is 1. The minimum absolute atomic E-state index is 0.158. The molecule has 2 aromatic heterocycles. The SMILES string of the molecule is CCNc1nc2ccc(C)cn2c(=O)c1C=C1SC(=S)N(CC(C)C)C1=O. The number of rotatable bonds is 5. The number of nitrogens with zero attached hydrogens (tertiary/aromatic N) is 3. The zero-order valence-corrected chi connectivity index (χ0v) is 17.4. The summed E-state index contributed by atoms with van der Waals surface area (Å²) >= 11 is 6.58. The van der Waals surface area contributed by atoms with Gasteiger partial charge in [-0.25, -0.2) is 4.98 Å². The Morgan fingerprint density at radius 1 is 1.33 bits per heavy atom. The van der Waals surface area contributed by atoms with Crippen LogP contribution in [0.25, 0.3) is 11.7 Å². The van der Waals surface area contributed by atoms with Gasteiger partial charge in [-0.05, 0) is 37.5 Å². The summed E-state index contributed by atoms with van der Waals surface area (Å²) in [6, 6.07) is 3.72. The minimum atomic E-state index is -0.214. The van der Waals surface area contributed by atoms with Crippen LogP contribution in [0.15, 0.2) is 28.0 Å². The van der Waals surface area contributed by atoms with E-state index in [-0.39, 0.29) is 11.5 Å². The molecule has 1 aliphatic heterocycles. The summed E-state index contributed by atoms with van der Waals surface area (Å²) < 4.78 is 2.03. The summed E-state index contributed by atoms with van der Waals surface area (Å²) in [7, 11) is 0. The lowest BCUT2D eigenvalue weighted by Crippen LogP contribution is -2.31. The molecule has 0 aromatic carbocycles. The second-order valence-electron chi connectivity index (χ2n) is 6.83. The summed E-state index contributed by atoms with van der Waals surface area (Å²) in [4.78, 5) is 32.4. The molecule has 142 valence electrons. The number of thiocarbonyl (C=S) groups is 1. The number of pyridine rings is 1. The number of aryl methyl sites for hydroxylation is 1. The van der Waals surface area contributed by atoms with Crippen LogP contribution in [-0.2, 0) is 4.79 Å². The van der Waals surface area contributed by atoms with E-state index in [1.807, 2.05) is 39.8 Å². The highest BCUT2D eigenvalue weighted by molar-refractivity contribution is 8.26. The Labute approximate surface area is 167 Å². The average Bonchev–Trinajstić information content (AvgIpc) is 2.86. The van der Waals surface area contributed by atoms with Crippen LogP contribution >= 0.6 is 24.0 Å². The van der Waals surface area contributed by atoms with Crippen LogP contribution in [-0.4, -0.2) is 37.6 Å². The molecule has 3 rings (SSSR count). The van der Waals surface area contributed by atoms with Gasteiger partial charge in [0.2, 0.25) is 0 Å².